The van der Waals surface area contributed by atoms with Gasteiger partial charge in [-0.3, -0.25) is 0 Å². The fourth-order valence-corrected chi connectivity index (χ4v) is 2.44. The smallest absolute Gasteiger partial charge is 0.0161 e. The molecule has 19 heavy (non-hydrogen) atoms. The third kappa shape index (κ3) is 2.89. The van der Waals surface area contributed by atoms with Crippen LogP contribution in [-0.2, 0) is 6.42 Å². The Morgan fingerprint density at radius 3 is 2.26 bits per heavy atom. The number of aryl methyl sites for hydroxylation is 1. The van der Waals surface area contributed by atoms with Gasteiger partial charge in [-0.15, -0.1) is 0 Å². The summed E-state index contributed by atoms with van der Waals surface area (Å²) < 4.78 is 0. The van der Waals surface area contributed by atoms with Gasteiger partial charge < -0.3 is 0 Å². The van der Waals surface area contributed by atoms with Gasteiger partial charge in [-0.25, -0.2) is 0 Å². The molecule has 0 nitrogen and oxygen atoms in total. The highest BCUT2D eigenvalue weighted by molar-refractivity contribution is 5.56. The van der Waals surface area contributed by atoms with E-state index in [1.54, 1.807) is 0 Å². The van der Waals surface area contributed by atoms with Crippen LogP contribution in [0.1, 0.15) is 16.7 Å². The van der Waals surface area contributed by atoms with Gasteiger partial charge in [0.2, 0.25) is 0 Å². The molecule has 0 aromatic heterocycles. The van der Waals surface area contributed by atoms with Crippen LogP contribution in [-0.4, -0.2) is 0 Å². The molecule has 1 aliphatic carbocycles. The molecular weight excluding hydrogens is 228 g/mol. The van der Waals surface area contributed by atoms with Crippen LogP contribution in [0.2, 0.25) is 0 Å². The van der Waals surface area contributed by atoms with Crippen LogP contribution < -0.4 is 0 Å². The second-order valence-electron chi connectivity index (χ2n) is 4.99. The van der Waals surface area contributed by atoms with E-state index in [0.29, 0.717) is 0 Å². The SMILES string of the molecule is Cc1ccc(C[C]2[CH][CH][CH][C]2c2ccccc2)cc1. The van der Waals surface area contributed by atoms with Crippen molar-refractivity contribution in [1.29, 1.82) is 0 Å². The van der Waals surface area contributed by atoms with Gasteiger partial charge in [0, 0.05) is 5.92 Å². The van der Waals surface area contributed by atoms with Crippen LogP contribution in [0.4, 0.5) is 0 Å². The van der Waals surface area contributed by atoms with Crippen molar-refractivity contribution in [3.05, 3.63) is 102 Å². The minimum atomic E-state index is 0.998. The second-order valence-corrected chi connectivity index (χ2v) is 4.99. The summed E-state index contributed by atoms with van der Waals surface area (Å²) in [7, 11) is 0. The molecular formula is C19H17. The molecule has 0 unspecified atom stereocenters. The lowest BCUT2D eigenvalue weighted by atomic mass is 9.85. The van der Waals surface area contributed by atoms with Gasteiger partial charge in [-0.1, -0.05) is 60.2 Å². The molecule has 1 fully saturated rings. The van der Waals surface area contributed by atoms with E-state index < -0.39 is 0 Å². The fourth-order valence-electron chi connectivity index (χ4n) is 2.44. The molecule has 0 atom stereocenters. The van der Waals surface area contributed by atoms with Gasteiger partial charge in [0.25, 0.3) is 0 Å². The van der Waals surface area contributed by atoms with E-state index in [2.05, 4.69) is 80.8 Å². The Kier molecular flexibility index (Phi) is 3.68. The second kappa shape index (κ2) is 5.61. The van der Waals surface area contributed by atoms with Crippen LogP contribution in [0, 0.1) is 38.0 Å². The van der Waals surface area contributed by atoms with Crippen molar-refractivity contribution in [2.75, 3.05) is 0 Å². The molecule has 3 rings (SSSR count). The number of hydrogen-bond donors (Lipinski definition) is 0. The zero-order valence-corrected chi connectivity index (χ0v) is 11.1. The van der Waals surface area contributed by atoms with Crippen LogP contribution in [0.3, 0.4) is 0 Å². The van der Waals surface area contributed by atoms with Crippen LogP contribution >= 0.6 is 0 Å². The number of rotatable bonds is 3. The van der Waals surface area contributed by atoms with Crippen molar-refractivity contribution in [3.8, 4) is 0 Å². The van der Waals surface area contributed by atoms with Crippen molar-refractivity contribution in [3.63, 3.8) is 0 Å². The van der Waals surface area contributed by atoms with Crippen molar-refractivity contribution < 1.29 is 0 Å². The number of benzene rings is 2. The first-order valence-electron chi connectivity index (χ1n) is 6.68. The number of hydrogen-bond acceptors (Lipinski definition) is 0. The highest BCUT2D eigenvalue weighted by atomic mass is 14.3. The minimum absolute atomic E-state index is 0.998. The molecule has 0 amide bonds. The summed E-state index contributed by atoms with van der Waals surface area (Å²) in [6.45, 7) is 2.13. The molecule has 2 aromatic rings. The quantitative estimate of drug-likeness (QED) is 0.753. The molecule has 2 aromatic carbocycles. The molecule has 0 N–H and O–H groups in total. The topological polar surface area (TPSA) is 0 Å². The third-order valence-corrected chi connectivity index (χ3v) is 3.51. The highest BCUT2D eigenvalue weighted by Crippen LogP contribution is 2.40. The summed E-state index contributed by atoms with van der Waals surface area (Å²) in [5.74, 6) is 2.75. The summed E-state index contributed by atoms with van der Waals surface area (Å²) in [6.07, 6.45) is 7.57. The Morgan fingerprint density at radius 2 is 1.53 bits per heavy atom. The summed E-state index contributed by atoms with van der Waals surface area (Å²) in [5.41, 5.74) is 3.98. The van der Waals surface area contributed by atoms with Gasteiger partial charge in [0.05, 0.1) is 0 Å². The van der Waals surface area contributed by atoms with Crippen molar-refractivity contribution >= 4 is 0 Å². The van der Waals surface area contributed by atoms with Crippen LogP contribution in [0.5, 0.6) is 0 Å². The standard InChI is InChI=1S/C19H17/c1-15-10-12-16(13-11-15)14-18-8-5-9-19(18)17-6-3-2-4-7-17/h2-13H,14H2,1H3. The Balaban J connectivity index is 1.75. The first-order valence-corrected chi connectivity index (χ1v) is 6.68. The summed E-state index contributed by atoms with van der Waals surface area (Å²) in [6, 6.07) is 19.4. The van der Waals surface area contributed by atoms with E-state index in [1.807, 2.05) is 0 Å². The van der Waals surface area contributed by atoms with Gasteiger partial charge in [0.15, 0.2) is 0 Å². The molecule has 93 valence electrons. The molecule has 0 heterocycles. The Bertz CT molecular complexity index is 509. The molecule has 0 saturated heterocycles. The summed E-state index contributed by atoms with van der Waals surface area (Å²) in [5, 5.41) is 0. The van der Waals surface area contributed by atoms with E-state index in [9.17, 15) is 0 Å². The molecule has 0 heteroatoms. The lowest BCUT2D eigenvalue weighted by Gasteiger charge is -2.18. The Labute approximate surface area is 116 Å². The molecule has 0 bridgehead atoms. The molecule has 0 spiro atoms. The van der Waals surface area contributed by atoms with E-state index in [4.69, 9.17) is 0 Å². The van der Waals surface area contributed by atoms with Gasteiger partial charge in [-0.2, -0.15) is 0 Å². The Morgan fingerprint density at radius 1 is 0.789 bits per heavy atom. The van der Waals surface area contributed by atoms with E-state index in [-0.39, 0.29) is 0 Å². The molecule has 1 aliphatic rings. The maximum absolute atomic E-state index is 2.22. The van der Waals surface area contributed by atoms with E-state index in [0.717, 1.165) is 6.42 Å². The predicted molar refractivity (Wildman–Crippen MR) is 79.8 cm³/mol. The summed E-state index contributed by atoms with van der Waals surface area (Å²) >= 11 is 0. The largest absolute Gasteiger partial charge is 0.0622 e. The molecule has 0 aliphatic heterocycles. The minimum Gasteiger partial charge on any atom is -0.0622 e. The van der Waals surface area contributed by atoms with Crippen LogP contribution in [0.25, 0.3) is 0 Å². The third-order valence-electron chi connectivity index (χ3n) is 3.51. The lowest BCUT2D eigenvalue weighted by molar-refractivity contribution is 0.982. The normalized spacial score (nSPS) is 16.9. The Hall–Kier alpha value is -1.56. The van der Waals surface area contributed by atoms with Crippen LogP contribution in [0.15, 0.2) is 54.6 Å². The monoisotopic (exact) mass is 245 g/mol. The maximum atomic E-state index is 2.22. The van der Waals surface area contributed by atoms with Crippen molar-refractivity contribution in [2.45, 2.75) is 13.3 Å². The average Bonchev–Trinajstić information content (AvgIpc) is 2.90. The van der Waals surface area contributed by atoms with Crippen molar-refractivity contribution in [1.82, 2.24) is 0 Å². The lowest BCUT2D eigenvalue weighted by Crippen LogP contribution is -2.08. The zero-order valence-electron chi connectivity index (χ0n) is 11.1. The van der Waals surface area contributed by atoms with Crippen molar-refractivity contribution in [2.24, 2.45) is 0 Å². The van der Waals surface area contributed by atoms with E-state index in [1.165, 1.54) is 28.5 Å². The zero-order chi connectivity index (χ0) is 13.1. The summed E-state index contributed by atoms with van der Waals surface area (Å²) in [4.78, 5) is 0. The molecule has 5 radical (unpaired) electrons. The average molecular weight is 245 g/mol. The van der Waals surface area contributed by atoms with Gasteiger partial charge >= 0.3 is 0 Å². The first kappa shape index (κ1) is 12.5. The van der Waals surface area contributed by atoms with Gasteiger partial charge in [-0.05, 0) is 49.7 Å². The fraction of sp³-hybridized carbons (Fsp3) is 0.105. The van der Waals surface area contributed by atoms with E-state index >= 15 is 0 Å². The maximum Gasteiger partial charge on any atom is 0.0161 e. The highest BCUT2D eigenvalue weighted by Gasteiger charge is 2.30. The predicted octanol–water partition coefficient (Wildman–Crippen LogP) is 4.36. The molecule has 1 saturated carbocycles. The van der Waals surface area contributed by atoms with Gasteiger partial charge in [0.1, 0.15) is 0 Å². The first-order chi connectivity index (χ1) is 9.33.